The first-order valence-corrected chi connectivity index (χ1v) is 7.09. The molecular formula is C13H19N3OS. The van der Waals surface area contributed by atoms with Crippen LogP contribution in [0.25, 0.3) is 0 Å². The Morgan fingerprint density at radius 2 is 2.33 bits per heavy atom. The number of anilines is 1. The maximum absolute atomic E-state index is 10.8. The van der Waals surface area contributed by atoms with Crippen LogP contribution in [0.3, 0.4) is 0 Å². The Hall–Kier alpha value is -1.20. The summed E-state index contributed by atoms with van der Waals surface area (Å²) in [5.74, 6) is 0.0406. The molecule has 3 N–H and O–H groups in total. The molecule has 1 aliphatic heterocycles. The van der Waals surface area contributed by atoms with E-state index in [9.17, 15) is 4.79 Å². The molecule has 1 atom stereocenters. The van der Waals surface area contributed by atoms with E-state index in [4.69, 9.17) is 5.73 Å². The lowest BCUT2D eigenvalue weighted by Gasteiger charge is -2.17. The van der Waals surface area contributed by atoms with Gasteiger partial charge in [-0.15, -0.1) is 11.8 Å². The molecule has 0 bridgehead atoms. The molecule has 2 rings (SSSR count). The second kappa shape index (κ2) is 6.11. The fourth-order valence-electron chi connectivity index (χ4n) is 2.13. The van der Waals surface area contributed by atoms with Gasteiger partial charge in [-0.25, -0.2) is 0 Å². The van der Waals surface area contributed by atoms with E-state index < -0.39 is 0 Å². The number of nitrogens with zero attached hydrogens (tertiary/aromatic N) is 1. The SMILES string of the molecule is CN1CCC(Nc2ccccc2SCC(N)=O)C1. The highest BCUT2D eigenvalue weighted by Crippen LogP contribution is 2.28. The minimum Gasteiger partial charge on any atom is -0.380 e. The molecule has 0 spiro atoms. The van der Waals surface area contributed by atoms with E-state index in [1.807, 2.05) is 18.2 Å². The molecule has 1 aromatic carbocycles. The molecule has 0 saturated carbocycles. The molecule has 1 aromatic rings. The molecule has 0 aliphatic carbocycles. The van der Waals surface area contributed by atoms with Gasteiger partial charge in [-0.3, -0.25) is 4.79 Å². The number of thioether (sulfide) groups is 1. The van der Waals surface area contributed by atoms with Gasteiger partial charge >= 0.3 is 0 Å². The van der Waals surface area contributed by atoms with Gasteiger partial charge in [0.15, 0.2) is 0 Å². The summed E-state index contributed by atoms with van der Waals surface area (Å²) in [6.45, 7) is 2.20. The molecule has 5 heteroatoms. The first-order valence-electron chi connectivity index (χ1n) is 6.10. The molecule has 0 aromatic heterocycles. The number of carbonyl (C=O) groups excluding carboxylic acids is 1. The number of benzene rings is 1. The van der Waals surface area contributed by atoms with E-state index in [1.165, 1.54) is 11.8 Å². The Morgan fingerprint density at radius 1 is 1.56 bits per heavy atom. The van der Waals surface area contributed by atoms with Gasteiger partial charge in [0, 0.05) is 23.2 Å². The quantitative estimate of drug-likeness (QED) is 0.790. The van der Waals surface area contributed by atoms with Crippen molar-refractivity contribution in [1.82, 2.24) is 4.90 Å². The molecule has 4 nitrogen and oxygen atoms in total. The Balaban J connectivity index is 2.00. The lowest BCUT2D eigenvalue weighted by Crippen LogP contribution is -2.23. The fraction of sp³-hybridized carbons (Fsp3) is 0.462. The van der Waals surface area contributed by atoms with Crippen LogP contribution in [0.1, 0.15) is 6.42 Å². The number of hydrogen-bond acceptors (Lipinski definition) is 4. The van der Waals surface area contributed by atoms with Crippen molar-refractivity contribution in [3.63, 3.8) is 0 Å². The minimum absolute atomic E-state index is 0.282. The smallest absolute Gasteiger partial charge is 0.227 e. The van der Waals surface area contributed by atoms with Crippen molar-refractivity contribution in [1.29, 1.82) is 0 Å². The Labute approximate surface area is 112 Å². The molecule has 1 fully saturated rings. The van der Waals surface area contributed by atoms with Crippen LogP contribution >= 0.6 is 11.8 Å². The van der Waals surface area contributed by atoms with Crippen molar-refractivity contribution in [2.45, 2.75) is 17.4 Å². The Kier molecular flexibility index (Phi) is 4.49. The number of nitrogens with two attached hydrogens (primary N) is 1. The van der Waals surface area contributed by atoms with E-state index in [0.29, 0.717) is 11.8 Å². The maximum Gasteiger partial charge on any atom is 0.227 e. The van der Waals surface area contributed by atoms with Crippen LogP contribution < -0.4 is 11.1 Å². The molecule has 98 valence electrons. The third kappa shape index (κ3) is 3.65. The first kappa shape index (κ1) is 13.2. The van der Waals surface area contributed by atoms with Gasteiger partial charge in [-0.05, 0) is 32.1 Å². The number of carbonyl (C=O) groups is 1. The number of rotatable bonds is 5. The van der Waals surface area contributed by atoms with Gasteiger partial charge in [0.2, 0.25) is 5.91 Å². The second-order valence-electron chi connectivity index (χ2n) is 4.64. The van der Waals surface area contributed by atoms with Crippen LogP contribution in [0.2, 0.25) is 0 Å². The number of likely N-dealkylation sites (N-methyl/N-ethyl adjacent to an activating group) is 1. The van der Waals surface area contributed by atoms with E-state index in [-0.39, 0.29) is 5.91 Å². The maximum atomic E-state index is 10.8. The fourth-order valence-corrected chi connectivity index (χ4v) is 2.89. The summed E-state index contributed by atoms with van der Waals surface area (Å²) >= 11 is 1.49. The molecule has 0 radical (unpaired) electrons. The number of para-hydroxylation sites is 1. The Bertz CT molecular complexity index is 424. The zero-order valence-electron chi connectivity index (χ0n) is 10.6. The van der Waals surface area contributed by atoms with Gasteiger partial charge in [-0.2, -0.15) is 0 Å². The molecule has 1 amide bonds. The average Bonchev–Trinajstić information content (AvgIpc) is 2.73. The van der Waals surface area contributed by atoms with Crippen LogP contribution in [-0.4, -0.2) is 42.7 Å². The van der Waals surface area contributed by atoms with Crippen LogP contribution in [0.15, 0.2) is 29.2 Å². The van der Waals surface area contributed by atoms with Crippen molar-refractivity contribution in [3.05, 3.63) is 24.3 Å². The lowest BCUT2D eigenvalue weighted by molar-refractivity contribution is -0.115. The van der Waals surface area contributed by atoms with E-state index in [1.54, 1.807) is 0 Å². The monoisotopic (exact) mass is 265 g/mol. The molecule has 1 aliphatic rings. The standard InChI is InChI=1S/C13H19N3OS/c1-16-7-6-10(8-16)15-11-4-2-3-5-12(11)18-9-13(14)17/h2-5,10,15H,6-9H2,1H3,(H2,14,17). The number of amides is 1. The van der Waals surface area contributed by atoms with Crippen molar-refractivity contribution < 1.29 is 4.79 Å². The van der Waals surface area contributed by atoms with Gasteiger partial charge in [0.25, 0.3) is 0 Å². The normalized spacial score (nSPS) is 19.9. The molecule has 1 heterocycles. The van der Waals surface area contributed by atoms with Crippen molar-refractivity contribution in [2.24, 2.45) is 5.73 Å². The predicted octanol–water partition coefficient (Wildman–Crippen LogP) is 1.38. The Morgan fingerprint density at radius 3 is 3.00 bits per heavy atom. The van der Waals surface area contributed by atoms with E-state index in [2.05, 4.69) is 23.3 Å². The summed E-state index contributed by atoms with van der Waals surface area (Å²) in [6, 6.07) is 8.56. The van der Waals surface area contributed by atoms with Gasteiger partial charge in [0.05, 0.1) is 5.75 Å². The largest absolute Gasteiger partial charge is 0.380 e. The van der Waals surface area contributed by atoms with Crippen molar-refractivity contribution in [2.75, 3.05) is 31.2 Å². The third-order valence-electron chi connectivity index (χ3n) is 3.01. The average molecular weight is 265 g/mol. The van der Waals surface area contributed by atoms with Crippen LogP contribution in [0.4, 0.5) is 5.69 Å². The van der Waals surface area contributed by atoms with Crippen LogP contribution in [0.5, 0.6) is 0 Å². The number of hydrogen-bond donors (Lipinski definition) is 2. The molecule has 1 saturated heterocycles. The van der Waals surface area contributed by atoms with Crippen LogP contribution in [0, 0.1) is 0 Å². The molecule has 18 heavy (non-hydrogen) atoms. The summed E-state index contributed by atoms with van der Waals surface area (Å²) in [5.41, 5.74) is 6.29. The highest BCUT2D eigenvalue weighted by Gasteiger charge is 2.19. The lowest BCUT2D eigenvalue weighted by atomic mass is 10.2. The zero-order chi connectivity index (χ0) is 13.0. The summed E-state index contributed by atoms with van der Waals surface area (Å²) in [4.78, 5) is 14.3. The summed E-state index contributed by atoms with van der Waals surface area (Å²) in [7, 11) is 2.13. The summed E-state index contributed by atoms with van der Waals surface area (Å²) in [5, 5.41) is 3.55. The van der Waals surface area contributed by atoms with Gasteiger partial charge in [-0.1, -0.05) is 12.1 Å². The number of nitrogens with one attached hydrogen (secondary N) is 1. The number of primary amides is 1. The third-order valence-corrected chi connectivity index (χ3v) is 4.10. The summed E-state index contributed by atoms with van der Waals surface area (Å²) in [6.07, 6.45) is 1.16. The summed E-state index contributed by atoms with van der Waals surface area (Å²) < 4.78 is 0. The van der Waals surface area contributed by atoms with Gasteiger partial charge < -0.3 is 16.0 Å². The highest BCUT2D eigenvalue weighted by atomic mass is 32.2. The van der Waals surface area contributed by atoms with Gasteiger partial charge in [0.1, 0.15) is 0 Å². The predicted molar refractivity (Wildman–Crippen MR) is 75.9 cm³/mol. The van der Waals surface area contributed by atoms with E-state index >= 15 is 0 Å². The van der Waals surface area contributed by atoms with E-state index in [0.717, 1.165) is 30.1 Å². The minimum atomic E-state index is -0.282. The molecule has 1 unspecified atom stereocenters. The first-order chi connectivity index (χ1) is 8.65. The molecular weight excluding hydrogens is 246 g/mol. The van der Waals surface area contributed by atoms with Crippen molar-refractivity contribution >= 4 is 23.4 Å². The van der Waals surface area contributed by atoms with Crippen LogP contribution in [-0.2, 0) is 4.79 Å². The zero-order valence-corrected chi connectivity index (χ0v) is 11.4. The second-order valence-corrected chi connectivity index (χ2v) is 5.66. The number of likely N-dealkylation sites (tertiary alicyclic amines) is 1. The van der Waals surface area contributed by atoms with Crippen molar-refractivity contribution in [3.8, 4) is 0 Å². The highest BCUT2D eigenvalue weighted by molar-refractivity contribution is 8.00. The topological polar surface area (TPSA) is 58.4 Å².